The Morgan fingerprint density at radius 1 is 1.35 bits per heavy atom. The van der Waals surface area contributed by atoms with Gasteiger partial charge in [-0.05, 0) is 55.7 Å². The molecule has 2 atom stereocenters. The van der Waals surface area contributed by atoms with Crippen molar-refractivity contribution in [3.63, 3.8) is 0 Å². The van der Waals surface area contributed by atoms with Crippen molar-refractivity contribution < 1.29 is 9.53 Å². The van der Waals surface area contributed by atoms with Gasteiger partial charge in [-0.25, -0.2) is 0 Å². The van der Waals surface area contributed by atoms with Crippen molar-refractivity contribution in [2.45, 2.75) is 58.6 Å². The number of ether oxygens (including phenoxy) is 1. The summed E-state index contributed by atoms with van der Waals surface area (Å²) in [4.78, 5) is 12.3. The van der Waals surface area contributed by atoms with Crippen LogP contribution in [0.4, 0.5) is 0 Å². The van der Waals surface area contributed by atoms with Crippen LogP contribution in [0, 0.1) is 12.8 Å². The van der Waals surface area contributed by atoms with Gasteiger partial charge >= 0.3 is 0 Å². The van der Waals surface area contributed by atoms with E-state index in [1.54, 1.807) is 6.92 Å². The van der Waals surface area contributed by atoms with E-state index in [9.17, 15) is 4.79 Å². The van der Waals surface area contributed by atoms with Crippen molar-refractivity contribution in [3.8, 4) is 5.75 Å². The van der Waals surface area contributed by atoms with Crippen molar-refractivity contribution >= 4 is 18.3 Å². The first-order valence-corrected chi connectivity index (χ1v) is 8.20. The van der Waals surface area contributed by atoms with E-state index in [0.717, 1.165) is 29.7 Å². The molecule has 1 aliphatic carbocycles. The molecule has 1 saturated carbocycles. The lowest BCUT2D eigenvalue weighted by Gasteiger charge is -2.22. The lowest BCUT2D eigenvalue weighted by Crippen LogP contribution is -2.47. The van der Waals surface area contributed by atoms with Crippen LogP contribution in [0.15, 0.2) is 18.2 Å². The summed E-state index contributed by atoms with van der Waals surface area (Å²) in [6.45, 7) is 8.56. The van der Waals surface area contributed by atoms with Crippen molar-refractivity contribution in [1.29, 1.82) is 0 Å². The number of hydrogen-bond acceptors (Lipinski definition) is 3. The lowest BCUT2D eigenvalue weighted by atomic mass is 10.0. The van der Waals surface area contributed by atoms with E-state index in [1.807, 2.05) is 13.0 Å². The number of hydrogen-bond donors (Lipinski definition) is 2. The molecule has 23 heavy (non-hydrogen) atoms. The summed E-state index contributed by atoms with van der Waals surface area (Å²) in [5.74, 6) is 1.62. The summed E-state index contributed by atoms with van der Waals surface area (Å²) in [5.41, 5.74) is 8.00. The second kappa shape index (κ2) is 8.55. The Labute approximate surface area is 145 Å². The maximum atomic E-state index is 12.3. The summed E-state index contributed by atoms with van der Waals surface area (Å²) in [5, 5.41) is 3.02. The Kier molecular flexibility index (Phi) is 7.36. The third kappa shape index (κ3) is 5.40. The monoisotopic (exact) mass is 340 g/mol. The molecule has 4 nitrogen and oxygen atoms in total. The topological polar surface area (TPSA) is 64.3 Å². The quantitative estimate of drug-likeness (QED) is 0.801. The van der Waals surface area contributed by atoms with Gasteiger partial charge < -0.3 is 15.8 Å². The maximum Gasteiger partial charge on any atom is 0.261 e. The molecule has 1 fully saturated rings. The molecule has 1 aliphatic rings. The molecule has 0 radical (unpaired) electrons. The molecule has 0 spiro atoms. The average Bonchev–Trinajstić information content (AvgIpc) is 3.28. The number of nitrogens with one attached hydrogen (secondary N) is 1. The van der Waals surface area contributed by atoms with E-state index in [0.29, 0.717) is 18.4 Å². The molecule has 2 rings (SSSR count). The van der Waals surface area contributed by atoms with Gasteiger partial charge in [0.15, 0.2) is 6.10 Å². The van der Waals surface area contributed by atoms with Crippen molar-refractivity contribution in [2.75, 3.05) is 6.54 Å². The van der Waals surface area contributed by atoms with Gasteiger partial charge in [-0.3, -0.25) is 4.79 Å². The van der Waals surface area contributed by atoms with Gasteiger partial charge in [-0.15, -0.1) is 12.4 Å². The second-order valence-electron chi connectivity index (χ2n) is 6.64. The number of aryl methyl sites for hydroxylation is 1. The minimum atomic E-state index is -0.521. The fraction of sp³-hybridized carbons (Fsp3) is 0.611. The van der Waals surface area contributed by atoms with E-state index < -0.39 is 6.10 Å². The Balaban J connectivity index is 0.00000264. The summed E-state index contributed by atoms with van der Waals surface area (Å²) in [6.07, 6.45) is 1.80. The molecule has 0 bridgehead atoms. The summed E-state index contributed by atoms with van der Waals surface area (Å²) >= 11 is 0. The minimum Gasteiger partial charge on any atom is -0.481 e. The Hall–Kier alpha value is -1.26. The van der Waals surface area contributed by atoms with Crippen LogP contribution in [0.5, 0.6) is 5.75 Å². The first kappa shape index (κ1) is 19.8. The molecule has 0 aromatic heterocycles. The fourth-order valence-corrected chi connectivity index (χ4v) is 2.63. The van der Waals surface area contributed by atoms with Gasteiger partial charge in [0.25, 0.3) is 5.91 Å². The van der Waals surface area contributed by atoms with Crippen molar-refractivity contribution in [1.82, 2.24) is 5.32 Å². The number of benzene rings is 1. The molecule has 1 aromatic carbocycles. The molecule has 1 aromatic rings. The number of nitrogens with two attached hydrogens (primary N) is 1. The number of carbonyl (C=O) groups is 1. The minimum absolute atomic E-state index is 0. The molecule has 130 valence electrons. The van der Waals surface area contributed by atoms with E-state index in [1.165, 1.54) is 0 Å². The molecule has 2 unspecified atom stereocenters. The third-order valence-corrected chi connectivity index (χ3v) is 4.24. The molecule has 3 N–H and O–H groups in total. The molecule has 0 saturated heterocycles. The van der Waals surface area contributed by atoms with Crippen LogP contribution in [-0.4, -0.2) is 24.6 Å². The highest BCUT2D eigenvalue weighted by molar-refractivity contribution is 5.85. The highest BCUT2D eigenvalue weighted by atomic mass is 35.5. The zero-order valence-corrected chi connectivity index (χ0v) is 15.3. The van der Waals surface area contributed by atoms with Crippen LogP contribution >= 0.6 is 12.4 Å². The van der Waals surface area contributed by atoms with Crippen LogP contribution in [0.25, 0.3) is 0 Å². The van der Waals surface area contributed by atoms with Gasteiger partial charge in [-0.2, -0.15) is 0 Å². The Morgan fingerprint density at radius 2 is 2.00 bits per heavy atom. The summed E-state index contributed by atoms with van der Waals surface area (Å²) in [6, 6.07) is 6.23. The summed E-state index contributed by atoms with van der Waals surface area (Å²) in [7, 11) is 0. The largest absolute Gasteiger partial charge is 0.481 e. The first-order chi connectivity index (χ1) is 10.4. The zero-order chi connectivity index (χ0) is 16.3. The normalized spacial score (nSPS) is 16.4. The van der Waals surface area contributed by atoms with Gasteiger partial charge in [-0.1, -0.05) is 26.0 Å². The zero-order valence-electron chi connectivity index (χ0n) is 14.5. The fourth-order valence-electron chi connectivity index (χ4n) is 2.63. The third-order valence-electron chi connectivity index (χ3n) is 4.24. The molecule has 0 aliphatic heterocycles. The molecular weight excluding hydrogens is 312 g/mol. The van der Waals surface area contributed by atoms with E-state index in [2.05, 4.69) is 31.3 Å². The predicted octanol–water partition coefficient (Wildman–Crippen LogP) is 3.16. The smallest absolute Gasteiger partial charge is 0.261 e. The standard InChI is InChI=1S/C18H28N2O2.ClH/c1-11(2)15-8-5-12(3)9-17(15)22-13(4)18(21)20-16(10-19)14-6-7-14;/h5,8-9,11,13-14,16H,6-7,10,19H2,1-4H3,(H,20,21);1H. The molecule has 0 heterocycles. The number of rotatable bonds is 7. The van der Waals surface area contributed by atoms with Gasteiger partial charge in [0.2, 0.25) is 0 Å². The predicted molar refractivity (Wildman–Crippen MR) is 96.3 cm³/mol. The van der Waals surface area contributed by atoms with E-state index in [4.69, 9.17) is 10.5 Å². The lowest BCUT2D eigenvalue weighted by molar-refractivity contribution is -0.128. The highest BCUT2D eigenvalue weighted by Crippen LogP contribution is 2.32. The van der Waals surface area contributed by atoms with Crippen LogP contribution in [0.2, 0.25) is 0 Å². The van der Waals surface area contributed by atoms with E-state index >= 15 is 0 Å². The first-order valence-electron chi connectivity index (χ1n) is 8.20. The molecule has 5 heteroatoms. The Morgan fingerprint density at radius 3 is 2.52 bits per heavy atom. The molecular formula is C18H29ClN2O2. The van der Waals surface area contributed by atoms with Crippen molar-refractivity contribution in [3.05, 3.63) is 29.3 Å². The number of halogens is 1. The Bertz CT molecular complexity index is 530. The van der Waals surface area contributed by atoms with Crippen LogP contribution in [0.3, 0.4) is 0 Å². The maximum absolute atomic E-state index is 12.3. The van der Waals surface area contributed by atoms with Crippen molar-refractivity contribution in [2.24, 2.45) is 11.7 Å². The summed E-state index contributed by atoms with van der Waals surface area (Å²) < 4.78 is 5.94. The van der Waals surface area contributed by atoms with Gasteiger partial charge in [0.05, 0.1) is 0 Å². The number of carbonyl (C=O) groups excluding carboxylic acids is 1. The van der Waals surface area contributed by atoms with Gasteiger partial charge in [0.1, 0.15) is 5.75 Å². The van der Waals surface area contributed by atoms with Crippen LogP contribution in [-0.2, 0) is 4.79 Å². The van der Waals surface area contributed by atoms with Gasteiger partial charge in [0, 0.05) is 12.6 Å². The van der Waals surface area contributed by atoms with E-state index in [-0.39, 0.29) is 24.4 Å². The number of amides is 1. The average molecular weight is 341 g/mol. The molecule has 1 amide bonds. The van der Waals surface area contributed by atoms with Crippen LogP contribution < -0.4 is 15.8 Å². The highest BCUT2D eigenvalue weighted by Gasteiger charge is 2.32. The van der Waals surface area contributed by atoms with Crippen LogP contribution in [0.1, 0.15) is 50.7 Å². The second-order valence-corrected chi connectivity index (χ2v) is 6.64. The SMILES string of the molecule is Cc1ccc(C(C)C)c(OC(C)C(=O)NC(CN)C2CC2)c1.Cl.